The highest BCUT2D eigenvalue weighted by atomic mass is 32.2. The van der Waals surface area contributed by atoms with Gasteiger partial charge in [0.15, 0.2) is 0 Å². The van der Waals surface area contributed by atoms with Crippen LogP contribution in [-0.4, -0.2) is 51.4 Å². The monoisotopic (exact) mass is 292 g/mol. The lowest BCUT2D eigenvalue weighted by Gasteiger charge is -2.24. The van der Waals surface area contributed by atoms with E-state index in [-0.39, 0.29) is 18.1 Å². The molecular weight excluding hydrogens is 276 g/mol. The first kappa shape index (κ1) is 15.2. The fraction of sp³-hybridized carbons (Fsp3) is 0.700. The van der Waals surface area contributed by atoms with Gasteiger partial charge in [-0.2, -0.15) is 23.5 Å². The molecule has 1 saturated heterocycles. The number of carboxylic acid groups (broad SMARTS) is 1. The third-order valence-electron chi connectivity index (χ3n) is 2.53. The number of rotatable bonds is 7. The molecule has 0 aromatic heterocycles. The van der Waals surface area contributed by atoms with Gasteiger partial charge in [0.05, 0.1) is 5.75 Å². The Balaban J connectivity index is 2.34. The van der Waals surface area contributed by atoms with Crippen LogP contribution in [0.15, 0.2) is 0 Å². The van der Waals surface area contributed by atoms with E-state index >= 15 is 0 Å². The number of hydrogen-bond donors (Lipinski definition) is 3. The number of amides is 2. The van der Waals surface area contributed by atoms with Gasteiger partial charge < -0.3 is 16.2 Å². The maximum atomic E-state index is 11.6. The van der Waals surface area contributed by atoms with Crippen LogP contribution in [0.4, 0.5) is 0 Å². The zero-order chi connectivity index (χ0) is 13.6. The highest BCUT2D eigenvalue weighted by molar-refractivity contribution is 8.00. The van der Waals surface area contributed by atoms with Crippen molar-refractivity contribution in [3.63, 3.8) is 0 Å². The van der Waals surface area contributed by atoms with Gasteiger partial charge in [0.1, 0.15) is 5.54 Å². The summed E-state index contributed by atoms with van der Waals surface area (Å²) < 4.78 is 0. The first-order valence-electron chi connectivity index (χ1n) is 5.44. The first-order valence-corrected chi connectivity index (χ1v) is 7.75. The molecule has 1 atom stereocenters. The lowest BCUT2D eigenvalue weighted by atomic mass is 9.99. The fourth-order valence-corrected chi connectivity index (χ4v) is 3.55. The molecule has 1 rings (SSSR count). The molecule has 1 unspecified atom stereocenters. The van der Waals surface area contributed by atoms with Crippen LogP contribution < -0.4 is 11.1 Å². The van der Waals surface area contributed by atoms with E-state index in [1.165, 1.54) is 23.5 Å². The van der Waals surface area contributed by atoms with Crippen molar-refractivity contribution in [3.8, 4) is 0 Å². The number of primary amides is 1. The van der Waals surface area contributed by atoms with Crippen LogP contribution in [0.3, 0.4) is 0 Å². The van der Waals surface area contributed by atoms with Gasteiger partial charge in [-0.3, -0.25) is 9.59 Å². The van der Waals surface area contributed by atoms with E-state index in [9.17, 15) is 14.4 Å². The second-order valence-electron chi connectivity index (χ2n) is 4.01. The molecule has 2 amide bonds. The lowest BCUT2D eigenvalue weighted by Crippen LogP contribution is -2.54. The van der Waals surface area contributed by atoms with Gasteiger partial charge in [-0.15, -0.1) is 0 Å². The lowest BCUT2D eigenvalue weighted by molar-refractivity contribution is -0.146. The molecule has 102 valence electrons. The van der Waals surface area contributed by atoms with Crippen molar-refractivity contribution in [2.24, 2.45) is 5.73 Å². The molecule has 1 fully saturated rings. The largest absolute Gasteiger partial charge is 0.479 e. The van der Waals surface area contributed by atoms with Crippen molar-refractivity contribution in [3.05, 3.63) is 0 Å². The Morgan fingerprint density at radius 1 is 1.44 bits per heavy atom. The normalized spacial score (nSPS) is 22.7. The van der Waals surface area contributed by atoms with Crippen molar-refractivity contribution in [1.29, 1.82) is 0 Å². The Hall–Kier alpha value is -0.890. The van der Waals surface area contributed by atoms with Crippen molar-refractivity contribution in [2.45, 2.75) is 18.4 Å². The molecule has 0 radical (unpaired) electrons. The van der Waals surface area contributed by atoms with Gasteiger partial charge in [-0.05, 0) is 12.2 Å². The van der Waals surface area contributed by atoms with Gasteiger partial charge in [0, 0.05) is 17.9 Å². The zero-order valence-electron chi connectivity index (χ0n) is 9.81. The van der Waals surface area contributed by atoms with Gasteiger partial charge in [-0.1, -0.05) is 0 Å². The number of hydrogen-bond acceptors (Lipinski definition) is 5. The Morgan fingerprint density at radius 2 is 2.17 bits per heavy atom. The third-order valence-corrected chi connectivity index (χ3v) is 4.70. The van der Waals surface area contributed by atoms with E-state index in [1.807, 2.05) is 0 Å². The number of nitrogens with two attached hydrogens (primary N) is 1. The topological polar surface area (TPSA) is 109 Å². The van der Waals surface area contributed by atoms with Gasteiger partial charge in [-0.25, -0.2) is 4.79 Å². The first-order chi connectivity index (χ1) is 8.46. The molecule has 18 heavy (non-hydrogen) atoms. The van der Waals surface area contributed by atoms with E-state index in [4.69, 9.17) is 10.8 Å². The molecule has 0 aromatic rings. The van der Waals surface area contributed by atoms with Crippen LogP contribution in [0.5, 0.6) is 0 Å². The average molecular weight is 292 g/mol. The molecule has 0 spiro atoms. The van der Waals surface area contributed by atoms with E-state index in [2.05, 4.69) is 5.32 Å². The Labute approximate surface area is 113 Å². The molecule has 1 heterocycles. The number of carboxylic acids is 1. The molecule has 6 nitrogen and oxygen atoms in total. The zero-order valence-corrected chi connectivity index (χ0v) is 11.4. The summed E-state index contributed by atoms with van der Waals surface area (Å²) in [6.45, 7) is 0. The van der Waals surface area contributed by atoms with Gasteiger partial charge in [0.2, 0.25) is 11.8 Å². The van der Waals surface area contributed by atoms with E-state index in [0.717, 1.165) is 5.75 Å². The standard InChI is InChI=1S/C10H16N2O4S2/c11-7(13)5-17-3-1-8(14)12-10(9(15)16)2-4-18-6-10/h1-6H2,(H2,11,13)(H,12,14)(H,15,16). The predicted molar refractivity (Wildman–Crippen MR) is 71.6 cm³/mol. The summed E-state index contributed by atoms with van der Waals surface area (Å²) in [7, 11) is 0. The summed E-state index contributed by atoms with van der Waals surface area (Å²) >= 11 is 2.79. The minimum absolute atomic E-state index is 0.174. The summed E-state index contributed by atoms with van der Waals surface area (Å²) in [5.74, 6) is 0.0770. The highest BCUT2D eigenvalue weighted by Gasteiger charge is 2.43. The Morgan fingerprint density at radius 3 is 2.67 bits per heavy atom. The van der Waals surface area contributed by atoms with E-state index in [1.54, 1.807) is 0 Å². The second-order valence-corrected chi connectivity index (χ2v) is 6.22. The predicted octanol–water partition coefficient (Wildman–Crippen LogP) is -0.328. The number of thioether (sulfide) groups is 2. The van der Waals surface area contributed by atoms with Crippen LogP contribution in [0.25, 0.3) is 0 Å². The molecule has 4 N–H and O–H groups in total. The number of carbonyl (C=O) groups excluding carboxylic acids is 2. The second kappa shape index (κ2) is 6.89. The molecule has 0 saturated carbocycles. The van der Waals surface area contributed by atoms with Gasteiger partial charge >= 0.3 is 5.97 Å². The molecule has 8 heteroatoms. The number of nitrogens with one attached hydrogen (secondary N) is 1. The molecular formula is C10H16N2O4S2. The summed E-state index contributed by atoms with van der Waals surface area (Å²) in [6, 6.07) is 0. The number of aliphatic carboxylic acids is 1. The van der Waals surface area contributed by atoms with Crippen molar-refractivity contribution >= 4 is 41.3 Å². The molecule has 0 aromatic carbocycles. The molecule has 1 aliphatic rings. The minimum atomic E-state index is -1.11. The van der Waals surface area contributed by atoms with Crippen molar-refractivity contribution in [1.82, 2.24) is 5.32 Å². The smallest absolute Gasteiger partial charge is 0.330 e. The Bertz CT molecular complexity index is 343. The maximum Gasteiger partial charge on any atom is 0.330 e. The summed E-state index contributed by atoms with van der Waals surface area (Å²) in [5, 5.41) is 11.8. The van der Waals surface area contributed by atoms with Crippen LogP contribution >= 0.6 is 23.5 Å². The Kier molecular flexibility index (Phi) is 5.80. The SMILES string of the molecule is NC(=O)CSCCC(=O)NC1(C(=O)O)CCSC1. The van der Waals surface area contributed by atoms with E-state index < -0.39 is 17.4 Å². The quantitative estimate of drug-likeness (QED) is 0.554. The van der Waals surface area contributed by atoms with Crippen LogP contribution in [0.2, 0.25) is 0 Å². The third kappa shape index (κ3) is 4.41. The average Bonchev–Trinajstić information content (AvgIpc) is 2.74. The molecule has 0 aliphatic carbocycles. The fourth-order valence-electron chi connectivity index (χ4n) is 1.55. The van der Waals surface area contributed by atoms with Crippen molar-refractivity contribution < 1.29 is 19.5 Å². The highest BCUT2D eigenvalue weighted by Crippen LogP contribution is 2.28. The number of carbonyl (C=O) groups is 3. The molecule has 1 aliphatic heterocycles. The van der Waals surface area contributed by atoms with Crippen molar-refractivity contribution in [2.75, 3.05) is 23.0 Å². The van der Waals surface area contributed by atoms with E-state index in [0.29, 0.717) is 17.9 Å². The van der Waals surface area contributed by atoms with Crippen LogP contribution in [0.1, 0.15) is 12.8 Å². The summed E-state index contributed by atoms with van der Waals surface area (Å²) in [4.78, 5) is 33.3. The van der Waals surface area contributed by atoms with Crippen LogP contribution in [-0.2, 0) is 14.4 Å². The molecule has 0 bridgehead atoms. The van der Waals surface area contributed by atoms with Gasteiger partial charge in [0.25, 0.3) is 0 Å². The maximum absolute atomic E-state index is 11.6. The van der Waals surface area contributed by atoms with Crippen LogP contribution in [0, 0.1) is 0 Å². The summed E-state index contributed by atoms with van der Waals surface area (Å²) in [6.07, 6.45) is 0.644. The summed E-state index contributed by atoms with van der Waals surface area (Å²) in [5.41, 5.74) is 3.85. The minimum Gasteiger partial charge on any atom is -0.479 e.